The quantitative estimate of drug-likeness (QED) is 0.699. The Kier molecular flexibility index (Phi) is 5.01. The molecule has 2 aliphatic rings. The van der Waals surface area contributed by atoms with E-state index >= 15 is 0 Å². The summed E-state index contributed by atoms with van der Waals surface area (Å²) < 4.78 is 1.74. The van der Waals surface area contributed by atoms with E-state index in [4.69, 9.17) is 0 Å². The van der Waals surface area contributed by atoms with Gasteiger partial charge in [0.05, 0.1) is 24.0 Å². The number of carbonyl (C=O) groups excluding carboxylic acids is 2. The normalized spacial score (nSPS) is 21.5. The first-order chi connectivity index (χ1) is 13.5. The van der Waals surface area contributed by atoms with Crippen molar-refractivity contribution in [2.75, 3.05) is 37.6 Å². The number of hydrogen-bond donors (Lipinski definition) is 0. The van der Waals surface area contributed by atoms with Crippen LogP contribution in [0.15, 0.2) is 12.5 Å². The minimum atomic E-state index is -0.314. The zero-order valence-electron chi connectivity index (χ0n) is 16.7. The number of rotatable bonds is 5. The summed E-state index contributed by atoms with van der Waals surface area (Å²) in [4.78, 5) is 39.7. The number of carbonyl (C=O) groups is 2. The summed E-state index contributed by atoms with van der Waals surface area (Å²) in [7, 11) is 1.87. The van der Waals surface area contributed by atoms with Gasteiger partial charge in [0.1, 0.15) is 12.1 Å². The van der Waals surface area contributed by atoms with Gasteiger partial charge in [0.15, 0.2) is 5.65 Å². The van der Waals surface area contributed by atoms with Gasteiger partial charge in [-0.2, -0.15) is 5.10 Å². The minimum absolute atomic E-state index is 0.0317. The summed E-state index contributed by atoms with van der Waals surface area (Å²) in [5.74, 6) is 1.28. The van der Waals surface area contributed by atoms with Crippen LogP contribution in [0, 0.1) is 5.92 Å². The molecule has 2 amide bonds. The Balaban J connectivity index is 1.41. The molecule has 0 aromatic carbocycles. The summed E-state index contributed by atoms with van der Waals surface area (Å²) in [6, 6.07) is -0.314. The molecule has 2 fully saturated rings. The number of piperazine rings is 1. The van der Waals surface area contributed by atoms with Crippen molar-refractivity contribution >= 4 is 28.7 Å². The smallest absolute Gasteiger partial charge is 0.247 e. The highest BCUT2D eigenvalue weighted by Gasteiger charge is 2.42. The molecule has 0 aliphatic carbocycles. The maximum Gasteiger partial charge on any atom is 0.247 e. The van der Waals surface area contributed by atoms with Crippen LogP contribution in [0.2, 0.25) is 0 Å². The average molecular weight is 385 g/mol. The van der Waals surface area contributed by atoms with E-state index in [-0.39, 0.29) is 17.9 Å². The van der Waals surface area contributed by atoms with E-state index in [1.807, 2.05) is 7.05 Å². The van der Waals surface area contributed by atoms with E-state index < -0.39 is 0 Å². The van der Waals surface area contributed by atoms with Crippen LogP contribution in [0.4, 0.5) is 5.82 Å². The predicted octanol–water partition coefficient (Wildman–Crippen LogP) is 0.659. The number of nitrogens with zero attached hydrogens (tertiary/aromatic N) is 7. The number of amides is 2. The summed E-state index contributed by atoms with van der Waals surface area (Å²) in [6.07, 6.45) is 4.52. The first kappa shape index (κ1) is 18.8. The van der Waals surface area contributed by atoms with E-state index in [0.717, 1.165) is 49.5 Å². The fourth-order valence-corrected chi connectivity index (χ4v) is 4.02. The zero-order valence-corrected chi connectivity index (χ0v) is 16.7. The van der Waals surface area contributed by atoms with Crippen molar-refractivity contribution in [2.24, 2.45) is 13.0 Å². The molecule has 2 saturated heterocycles. The molecule has 4 rings (SSSR count). The van der Waals surface area contributed by atoms with Gasteiger partial charge < -0.3 is 4.90 Å². The molecule has 0 radical (unpaired) electrons. The molecule has 2 aromatic rings. The third-order valence-corrected chi connectivity index (χ3v) is 5.71. The third kappa shape index (κ3) is 3.34. The Labute approximate surface area is 164 Å². The zero-order chi connectivity index (χ0) is 19.8. The van der Waals surface area contributed by atoms with Crippen molar-refractivity contribution in [3.05, 3.63) is 12.5 Å². The Bertz CT molecular complexity index is 886. The highest BCUT2D eigenvalue weighted by molar-refractivity contribution is 6.05. The molecule has 4 heterocycles. The van der Waals surface area contributed by atoms with Crippen LogP contribution in [0.3, 0.4) is 0 Å². The topological polar surface area (TPSA) is 87.5 Å². The molecule has 1 atom stereocenters. The lowest BCUT2D eigenvalue weighted by atomic mass is 10.1. The largest absolute Gasteiger partial charge is 0.353 e. The second-order valence-corrected chi connectivity index (χ2v) is 8.01. The predicted molar refractivity (Wildman–Crippen MR) is 105 cm³/mol. The highest BCUT2D eigenvalue weighted by Crippen LogP contribution is 2.26. The molecular formula is C19H27N7O2. The molecule has 9 heteroatoms. The molecule has 2 aromatic heterocycles. The molecule has 0 spiro atoms. The monoisotopic (exact) mass is 385 g/mol. The molecular weight excluding hydrogens is 358 g/mol. The van der Waals surface area contributed by atoms with Crippen molar-refractivity contribution in [1.29, 1.82) is 0 Å². The van der Waals surface area contributed by atoms with Crippen LogP contribution in [0.1, 0.15) is 26.7 Å². The Morgan fingerprint density at radius 3 is 2.61 bits per heavy atom. The Morgan fingerprint density at radius 2 is 1.89 bits per heavy atom. The number of hydrogen-bond acceptors (Lipinski definition) is 7. The summed E-state index contributed by atoms with van der Waals surface area (Å²) in [5, 5.41) is 5.21. The van der Waals surface area contributed by atoms with E-state index in [2.05, 4.69) is 38.7 Å². The van der Waals surface area contributed by atoms with Crippen LogP contribution in [-0.4, -0.2) is 80.1 Å². The Hall–Kier alpha value is -2.55. The first-order valence-corrected chi connectivity index (χ1v) is 9.91. The van der Waals surface area contributed by atoms with Crippen LogP contribution in [-0.2, 0) is 16.6 Å². The molecule has 0 N–H and O–H groups in total. The molecule has 9 nitrogen and oxygen atoms in total. The average Bonchev–Trinajstić information content (AvgIpc) is 3.20. The standard InChI is InChI=1S/C19H27N7O2/c1-13(2)4-5-26-16(27)10-15(19(26)28)24-6-8-25(9-7-24)18-14-11-22-23(3)17(14)20-12-21-18/h11-13,15H,4-10H2,1-3H3/t15-/m0/s1. The molecule has 150 valence electrons. The molecule has 0 saturated carbocycles. The van der Waals surface area contributed by atoms with Gasteiger partial charge in [0, 0.05) is 39.8 Å². The lowest BCUT2D eigenvalue weighted by Crippen LogP contribution is -2.52. The van der Waals surface area contributed by atoms with Crippen LogP contribution in [0.5, 0.6) is 0 Å². The van der Waals surface area contributed by atoms with Gasteiger partial charge in [-0.1, -0.05) is 13.8 Å². The van der Waals surface area contributed by atoms with Crippen LogP contribution < -0.4 is 4.90 Å². The van der Waals surface area contributed by atoms with Gasteiger partial charge in [-0.3, -0.25) is 24.1 Å². The second kappa shape index (κ2) is 7.46. The van der Waals surface area contributed by atoms with Crippen molar-refractivity contribution in [1.82, 2.24) is 29.5 Å². The van der Waals surface area contributed by atoms with Gasteiger partial charge in [-0.05, 0) is 12.3 Å². The number of aryl methyl sites for hydroxylation is 1. The van der Waals surface area contributed by atoms with E-state index in [1.54, 1.807) is 17.2 Å². The maximum atomic E-state index is 12.8. The number of fused-ring (bicyclic) bond motifs is 1. The number of imide groups is 1. The molecule has 0 unspecified atom stereocenters. The Morgan fingerprint density at radius 1 is 1.14 bits per heavy atom. The molecule has 0 bridgehead atoms. The van der Waals surface area contributed by atoms with E-state index in [1.165, 1.54) is 4.90 Å². The fraction of sp³-hybridized carbons (Fsp3) is 0.632. The van der Waals surface area contributed by atoms with Crippen LogP contribution >= 0.6 is 0 Å². The SMILES string of the molecule is CC(C)CCN1C(=O)C[C@H](N2CCN(c3ncnc4c3cnn4C)CC2)C1=O. The number of aromatic nitrogens is 4. The van der Waals surface area contributed by atoms with Crippen molar-refractivity contribution in [3.63, 3.8) is 0 Å². The van der Waals surface area contributed by atoms with E-state index in [9.17, 15) is 9.59 Å². The van der Waals surface area contributed by atoms with Crippen molar-refractivity contribution in [3.8, 4) is 0 Å². The number of anilines is 1. The van der Waals surface area contributed by atoms with Gasteiger partial charge in [0.25, 0.3) is 0 Å². The minimum Gasteiger partial charge on any atom is -0.353 e. The highest BCUT2D eigenvalue weighted by atomic mass is 16.2. The van der Waals surface area contributed by atoms with Crippen molar-refractivity contribution in [2.45, 2.75) is 32.7 Å². The molecule has 2 aliphatic heterocycles. The van der Waals surface area contributed by atoms with Crippen LogP contribution in [0.25, 0.3) is 11.0 Å². The second-order valence-electron chi connectivity index (χ2n) is 8.01. The summed E-state index contributed by atoms with van der Waals surface area (Å²) >= 11 is 0. The summed E-state index contributed by atoms with van der Waals surface area (Å²) in [6.45, 7) is 7.71. The van der Waals surface area contributed by atoms with Gasteiger partial charge in [-0.15, -0.1) is 0 Å². The first-order valence-electron chi connectivity index (χ1n) is 9.91. The lowest BCUT2D eigenvalue weighted by molar-refractivity contribution is -0.139. The lowest BCUT2D eigenvalue weighted by Gasteiger charge is -2.37. The summed E-state index contributed by atoms with van der Waals surface area (Å²) in [5.41, 5.74) is 0.810. The maximum absolute atomic E-state index is 12.8. The van der Waals surface area contributed by atoms with Gasteiger partial charge >= 0.3 is 0 Å². The number of likely N-dealkylation sites (tertiary alicyclic amines) is 1. The van der Waals surface area contributed by atoms with Gasteiger partial charge in [-0.25, -0.2) is 9.97 Å². The van der Waals surface area contributed by atoms with E-state index in [0.29, 0.717) is 18.9 Å². The fourth-order valence-electron chi connectivity index (χ4n) is 4.02. The third-order valence-electron chi connectivity index (χ3n) is 5.71. The molecule has 28 heavy (non-hydrogen) atoms. The van der Waals surface area contributed by atoms with Gasteiger partial charge in [0.2, 0.25) is 11.8 Å². The van der Waals surface area contributed by atoms with Crippen molar-refractivity contribution < 1.29 is 9.59 Å².